The Morgan fingerprint density at radius 2 is 1.61 bits per heavy atom. The molecular formula is C21H18N2O4S. The van der Waals surface area contributed by atoms with Crippen LogP contribution in [-0.2, 0) is 9.84 Å². The number of sulfone groups is 1. The Morgan fingerprint density at radius 3 is 2.25 bits per heavy atom. The molecule has 4 rings (SSSR count). The first-order chi connectivity index (χ1) is 13.6. The van der Waals surface area contributed by atoms with E-state index < -0.39 is 9.84 Å². The predicted molar refractivity (Wildman–Crippen MR) is 105 cm³/mol. The summed E-state index contributed by atoms with van der Waals surface area (Å²) < 4.78 is 37.4. The van der Waals surface area contributed by atoms with Crippen molar-refractivity contribution in [2.75, 3.05) is 5.32 Å². The van der Waals surface area contributed by atoms with Crippen molar-refractivity contribution in [1.29, 1.82) is 0 Å². The van der Waals surface area contributed by atoms with E-state index in [0.29, 0.717) is 5.76 Å². The second-order valence-corrected chi connectivity index (χ2v) is 8.09. The molecule has 0 amide bonds. The second-order valence-electron chi connectivity index (χ2n) is 6.22. The van der Waals surface area contributed by atoms with E-state index in [1.54, 1.807) is 30.3 Å². The lowest BCUT2D eigenvalue weighted by Gasteiger charge is -2.14. The second kappa shape index (κ2) is 7.36. The van der Waals surface area contributed by atoms with E-state index in [4.69, 9.17) is 8.83 Å². The number of nitrogens with one attached hydrogen (secondary N) is 1. The minimum atomic E-state index is -3.88. The number of anilines is 1. The summed E-state index contributed by atoms with van der Waals surface area (Å²) in [7, 11) is -3.88. The Morgan fingerprint density at radius 1 is 0.929 bits per heavy atom. The molecule has 7 heteroatoms. The zero-order valence-corrected chi connectivity index (χ0v) is 15.9. The van der Waals surface area contributed by atoms with Crippen molar-refractivity contribution in [2.24, 2.45) is 0 Å². The summed E-state index contributed by atoms with van der Waals surface area (Å²) in [4.78, 5) is 4.38. The minimum Gasteiger partial charge on any atom is -0.459 e. The third-order valence-electron chi connectivity index (χ3n) is 4.28. The van der Waals surface area contributed by atoms with Gasteiger partial charge >= 0.3 is 0 Å². The lowest BCUT2D eigenvalue weighted by atomic mass is 10.1. The minimum absolute atomic E-state index is 0.0756. The summed E-state index contributed by atoms with van der Waals surface area (Å²) in [6, 6.07) is 21.0. The molecular weight excluding hydrogens is 376 g/mol. The molecule has 2 aromatic carbocycles. The number of oxazole rings is 1. The molecule has 1 atom stereocenters. The fourth-order valence-electron chi connectivity index (χ4n) is 2.82. The van der Waals surface area contributed by atoms with Gasteiger partial charge in [-0.2, -0.15) is 4.98 Å². The molecule has 0 unspecified atom stereocenters. The maximum absolute atomic E-state index is 13.2. The maximum atomic E-state index is 13.2. The molecule has 1 N–H and O–H groups in total. The van der Waals surface area contributed by atoms with Gasteiger partial charge in [0.25, 0.3) is 5.89 Å². The summed E-state index contributed by atoms with van der Waals surface area (Å²) in [6.45, 7) is 1.92. The summed E-state index contributed by atoms with van der Waals surface area (Å²) in [6.07, 6.45) is 1.48. The number of benzene rings is 2. The van der Waals surface area contributed by atoms with Crippen LogP contribution in [0.5, 0.6) is 0 Å². The first-order valence-electron chi connectivity index (χ1n) is 8.72. The van der Waals surface area contributed by atoms with E-state index in [2.05, 4.69) is 10.3 Å². The van der Waals surface area contributed by atoms with E-state index in [0.717, 1.165) is 5.56 Å². The Balaban J connectivity index is 1.78. The van der Waals surface area contributed by atoms with Crippen LogP contribution in [0.2, 0.25) is 0 Å². The van der Waals surface area contributed by atoms with Gasteiger partial charge in [0.05, 0.1) is 17.2 Å². The molecule has 0 saturated carbocycles. The van der Waals surface area contributed by atoms with Gasteiger partial charge in [-0.3, -0.25) is 0 Å². The van der Waals surface area contributed by atoms with Crippen LogP contribution in [0.3, 0.4) is 0 Å². The van der Waals surface area contributed by atoms with Crippen LogP contribution in [0.4, 0.5) is 5.88 Å². The number of aromatic nitrogens is 1. The highest BCUT2D eigenvalue weighted by Gasteiger charge is 2.29. The van der Waals surface area contributed by atoms with E-state index in [1.807, 2.05) is 37.3 Å². The van der Waals surface area contributed by atoms with Crippen LogP contribution in [0, 0.1) is 0 Å². The Labute approximate surface area is 162 Å². The summed E-state index contributed by atoms with van der Waals surface area (Å²) >= 11 is 0. The van der Waals surface area contributed by atoms with Crippen molar-refractivity contribution in [3.8, 4) is 11.7 Å². The standard InChI is InChI=1S/C21H18N2O4S/c1-15(16-9-4-2-5-10-16)22-20-21(23-19(27-20)18-13-8-14-26-18)28(24,25)17-11-6-3-7-12-17/h2-15,22H,1H3/t15-/m1/s1. The van der Waals surface area contributed by atoms with Gasteiger partial charge in [0.2, 0.25) is 20.7 Å². The van der Waals surface area contributed by atoms with E-state index >= 15 is 0 Å². The highest BCUT2D eigenvalue weighted by molar-refractivity contribution is 7.91. The van der Waals surface area contributed by atoms with Crippen LogP contribution in [0.25, 0.3) is 11.7 Å². The fourth-order valence-corrected chi connectivity index (χ4v) is 4.10. The first-order valence-corrected chi connectivity index (χ1v) is 10.2. The van der Waals surface area contributed by atoms with Gasteiger partial charge in [0.1, 0.15) is 0 Å². The average Bonchev–Trinajstić information content (AvgIpc) is 3.39. The molecule has 0 aliphatic rings. The van der Waals surface area contributed by atoms with Crippen LogP contribution in [-0.4, -0.2) is 13.4 Å². The number of hydrogen-bond acceptors (Lipinski definition) is 6. The third-order valence-corrected chi connectivity index (χ3v) is 5.96. The van der Waals surface area contributed by atoms with Gasteiger partial charge in [-0.05, 0) is 36.8 Å². The van der Waals surface area contributed by atoms with Gasteiger partial charge in [0, 0.05) is 0 Å². The summed E-state index contributed by atoms with van der Waals surface area (Å²) in [5, 5.41) is 2.96. The zero-order chi connectivity index (χ0) is 19.6. The molecule has 0 bridgehead atoms. The number of hydrogen-bond donors (Lipinski definition) is 1. The van der Waals surface area contributed by atoms with Crippen LogP contribution >= 0.6 is 0 Å². The van der Waals surface area contributed by atoms with Crippen molar-refractivity contribution in [3.63, 3.8) is 0 Å². The van der Waals surface area contributed by atoms with E-state index in [1.165, 1.54) is 18.4 Å². The van der Waals surface area contributed by atoms with E-state index in [9.17, 15) is 8.42 Å². The van der Waals surface area contributed by atoms with Crippen molar-refractivity contribution >= 4 is 15.7 Å². The van der Waals surface area contributed by atoms with Crippen LogP contribution in [0.15, 0.2) is 97.8 Å². The lowest BCUT2D eigenvalue weighted by molar-refractivity contribution is 0.520. The maximum Gasteiger partial charge on any atom is 0.266 e. The monoisotopic (exact) mass is 394 g/mol. The summed E-state index contributed by atoms with van der Waals surface area (Å²) in [5.74, 6) is 0.527. The average molecular weight is 394 g/mol. The van der Waals surface area contributed by atoms with Crippen molar-refractivity contribution in [3.05, 3.63) is 84.6 Å². The van der Waals surface area contributed by atoms with Gasteiger partial charge in [-0.1, -0.05) is 48.5 Å². The van der Waals surface area contributed by atoms with Crippen molar-refractivity contribution in [1.82, 2.24) is 4.98 Å². The first kappa shape index (κ1) is 18.1. The Bertz CT molecular complexity index is 1150. The molecule has 0 saturated heterocycles. The molecule has 2 heterocycles. The third kappa shape index (κ3) is 3.44. The molecule has 0 spiro atoms. The topological polar surface area (TPSA) is 85.3 Å². The smallest absolute Gasteiger partial charge is 0.266 e. The largest absolute Gasteiger partial charge is 0.459 e. The Hall–Kier alpha value is -3.32. The molecule has 142 valence electrons. The molecule has 6 nitrogen and oxygen atoms in total. The van der Waals surface area contributed by atoms with E-state index in [-0.39, 0.29) is 27.7 Å². The Kier molecular flexibility index (Phi) is 4.75. The van der Waals surface area contributed by atoms with Crippen molar-refractivity contribution in [2.45, 2.75) is 22.9 Å². The molecule has 2 aromatic heterocycles. The fraction of sp³-hybridized carbons (Fsp3) is 0.0952. The van der Waals surface area contributed by atoms with Crippen molar-refractivity contribution < 1.29 is 17.3 Å². The number of nitrogens with zero attached hydrogens (tertiary/aromatic N) is 1. The molecule has 4 aromatic rings. The van der Waals surface area contributed by atoms with Gasteiger partial charge < -0.3 is 14.2 Å². The molecule has 0 fully saturated rings. The van der Waals surface area contributed by atoms with Crippen LogP contribution in [0.1, 0.15) is 18.5 Å². The quantitative estimate of drug-likeness (QED) is 0.498. The molecule has 0 radical (unpaired) electrons. The molecule has 0 aliphatic heterocycles. The lowest BCUT2D eigenvalue weighted by Crippen LogP contribution is -2.10. The normalized spacial score (nSPS) is 12.6. The molecule has 0 aliphatic carbocycles. The SMILES string of the molecule is C[C@@H](Nc1oc(-c2ccco2)nc1S(=O)(=O)c1ccccc1)c1ccccc1. The number of rotatable bonds is 6. The van der Waals surface area contributed by atoms with Gasteiger partial charge in [0.15, 0.2) is 5.76 Å². The molecule has 28 heavy (non-hydrogen) atoms. The number of furan rings is 1. The van der Waals surface area contributed by atoms with Gasteiger partial charge in [-0.25, -0.2) is 8.42 Å². The highest BCUT2D eigenvalue weighted by Crippen LogP contribution is 2.34. The zero-order valence-electron chi connectivity index (χ0n) is 15.1. The van der Waals surface area contributed by atoms with Crippen LogP contribution < -0.4 is 5.32 Å². The van der Waals surface area contributed by atoms with Gasteiger partial charge in [-0.15, -0.1) is 0 Å². The summed E-state index contributed by atoms with van der Waals surface area (Å²) in [5.41, 5.74) is 0.988. The predicted octanol–water partition coefficient (Wildman–Crippen LogP) is 4.94. The highest BCUT2D eigenvalue weighted by atomic mass is 32.2.